The summed E-state index contributed by atoms with van der Waals surface area (Å²) >= 11 is 0. The van der Waals surface area contributed by atoms with Crippen molar-refractivity contribution >= 4 is 11.9 Å². The van der Waals surface area contributed by atoms with Gasteiger partial charge in [0.25, 0.3) is 0 Å². The monoisotopic (exact) mass is 345 g/mol. The summed E-state index contributed by atoms with van der Waals surface area (Å²) in [6, 6.07) is 7.09. The molecule has 25 heavy (non-hydrogen) atoms. The molecule has 0 bridgehead atoms. The number of nitrogens with zero attached hydrogens (tertiary/aromatic N) is 3. The van der Waals surface area contributed by atoms with Gasteiger partial charge in [-0.25, -0.2) is 4.79 Å². The van der Waals surface area contributed by atoms with Gasteiger partial charge in [-0.15, -0.1) is 0 Å². The van der Waals surface area contributed by atoms with Gasteiger partial charge in [0.2, 0.25) is 5.91 Å². The Morgan fingerprint density at radius 3 is 2.04 bits per heavy atom. The second kappa shape index (κ2) is 8.45. The predicted molar refractivity (Wildman–Crippen MR) is 95.5 cm³/mol. The molecule has 2 fully saturated rings. The summed E-state index contributed by atoms with van der Waals surface area (Å²) in [4.78, 5) is 29.9. The number of piperidine rings is 1. The minimum atomic E-state index is -0.890. The van der Waals surface area contributed by atoms with Gasteiger partial charge in [0.1, 0.15) is 0 Å². The van der Waals surface area contributed by atoms with Crippen molar-refractivity contribution in [3.63, 3.8) is 0 Å². The molecule has 0 aliphatic carbocycles. The topological polar surface area (TPSA) is 64.1 Å². The molecule has 6 heteroatoms. The van der Waals surface area contributed by atoms with Gasteiger partial charge in [0.05, 0.1) is 12.1 Å². The second-order valence-electron chi connectivity index (χ2n) is 7.00. The lowest BCUT2D eigenvalue weighted by Crippen LogP contribution is -2.50. The Morgan fingerprint density at radius 2 is 1.44 bits per heavy atom. The van der Waals surface area contributed by atoms with Crippen LogP contribution in [0.5, 0.6) is 0 Å². The molecule has 2 heterocycles. The summed E-state index contributed by atoms with van der Waals surface area (Å²) in [5.41, 5.74) is 1.45. The Kier molecular flexibility index (Phi) is 6.04. The molecule has 1 N–H and O–H groups in total. The Labute approximate surface area is 149 Å². The molecule has 0 spiro atoms. The zero-order valence-corrected chi connectivity index (χ0v) is 14.7. The van der Waals surface area contributed by atoms with Gasteiger partial charge in [0, 0.05) is 45.8 Å². The van der Waals surface area contributed by atoms with Gasteiger partial charge < -0.3 is 10.0 Å². The van der Waals surface area contributed by atoms with Crippen LogP contribution in [0, 0.1) is 0 Å². The lowest BCUT2D eigenvalue weighted by Gasteiger charge is -2.36. The van der Waals surface area contributed by atoms with Crippen molar-refractivity contribution in [2.45, 2.75) is 25.8 Å². The summed E-state index contributed by atoms with van der Waals surface area (Å²) in [5.74, 6) is -0.615. The van der Waals surface area contributed by atoms with E-state index in [1.54, 1.807) is 12.1 Å². The van der Waals surface area contributed by atoms with Crippen LogP contribution in [0.15, 0.2) is 24.3 Å². The van der Waals surface area contributed by atoms with Crippen LogP contribution < -0.4 is 0 Å². The molecule has 0 saturated carbocycles. The number of benzene rings is 1. The maximum atomic E-state index is 12.3. The van der Waals surface area contributed by atoms with Crippen LogP contribution in [0.3, 0.4) is 0 Å². The first-order valence-corrected chi connectivity index (χ1v) is 9.16. The van der Waals surface area contributed by atoms with E-state index < -0.39 is 5.97 Å². The summed E-state index contributed by atoms with van der Waals surface area (Å²) in [6.45, 7) is 6.91. The molecular formula is C19H27N3O3. The lowest BCUT2D eigenvalue weighted by atomic mass is 10.1. The highest BCUT2D eigenvalue weighted by molar-refractivity contribution is 5.87. The second-order valence-corrected chi connectivity index (χ2v) is 7.00. The van der Waals surface area contributed by atoms with Crippen LogP contribution in [0.1, 0.15) is 35.2 Å². The van der Waals surface area contributed by atoms with Crippen molar-refractivity contribution in [1.82, 2.24) is 14.7 Å². The van der Waals surface area contributed by atoms with E-state index in [1.807, 2.05) is 17.0 Å². The number of carbonyl (C=O) groups is 2. The standard InChI is InChI=1S/C19H27N3O3/c23-18(22-8-2-1-3-9-22)15-21-12-10-20(11-13-21)14-16-4-6-17(7-5-16)19(24)25/h4-7H,1-3,8-15H2,(H,24,25). The summed E-state index contributed by atoms with van der Waals surface area (Å²) in [6.07, 6.45) is 3.52. The zero-order chi connectivity index (χ0) is 17.6. The Balaban J connectivity index is 1.42. The molecule has 0 atom stereocenters. The number of amides is 1. The number of carboxylic acid groups (broad SMARTS) is 1. The molecule has 6 nitrogen and oxygen atoms in total. The number of carboxylic acids is 1. The van der Waals surface area contributed by atoms with Crippen molar-refractivity contribution in [3.8, 4) is 0 Å². The Hall–Kier alpha value is -1.92. The highest BCUT2D eigenvalue weighted by Gasteiger charge is 2.22. The molecule has 1 aromatic carbocycles. The maximum Gasteiger partial charge on any atom is 0.335 e. The van der Waals surface area contributed by atoms with Gasteiger partial charge in [-0.2, -0.15) is 0 Å². The normalized spacial score (nSPS) is 19.8. The highest BCUT2D eigenvalue weighted by Crippen LogP contribution is 2.12. The predicted octanol–water partition coefficient (Wildman–Crippen LogP) is 1.51. The Morgan fingerprint density at radius 1 is 0.840 bits per heavy atom. The van der Waals surface area contributed by atoms with E-state index >= 15 is 0 Å². The summed E-state index contributed by atoms with van der Waals surface area (Å²) in [5, 5.41) is 8.95. The largest absolute Gasteiger partial charge is 0.478 e. The van der Waals surface area contributed by atoms with Crippen LogP contribution >= 0.6 is 0 Å². The number of hydrogen-bond donors (Lipinski definition) is 1. The van der Waals surface area contributed by atoms with Crippen molar-refractivity contribution in [2.24, 2.45) is 0 Å². The van der Waals surface area contributed by atoms with Crippen LogP contribution in [0.25, 0.3) is 0 Å². The average molecular weight is 345 g/mol. The Bertz CT molecular complexity index is 588. The first-order chi connectivity index (χ1) is 12.1. The van der Waals surface area contributed by atoms with Crippen molar-refractivity contribution in [2.75, 3.05) is 45.8 Å². The molecule has 1 amide bonds. The number of piperazine rings is 1. The van der Waals surface area contributed by atoms with Crippen molar-refractivity contribution in [1.29, 1.82) is 0 Å². The van der Waals surface area contributed by atoms with E-state index in [2.05, 4.69) is 9.80 Å². The molecule has 0 unspecified atom stereocenters. The van der Waals surface area contributed by atoms with Crippen LogP contribution in [0.2, 0.25) is 0 Å². The third kappa shape index (κ3) is 5.03. The third-order valence-corrected chi connectivity index (χ3v) is 5.14. The van der Waals surface area contributed by atoms with E-state index in [0.29, 0.717) is 12.1 Å². The van der Waals surface area contributed by atoms with E-state index in [-0.39, 0.29) is 5.91 Å². The lowest BCUT2D eigenvalue weighted by molar-refractivity contribution is -0.133. The number of aromatic carboxylic acids is 1. The first-order valence-electron chi connectivity index (χ1n) is 9.16. The average Bonchev–Trinajstić information content (AvgIpc) is 2.64. The van der Waals surface area contributed by atoms with E-state index in [0.717, 1.165) is 64.2 Å². The highest BCUT2D eigenvalue weighted by atomic mass is 16.4. The molecule has 136 valence electrons. The van der Waals surface area contributed by atoms with Gasteiger partial charge in [-0.3, -0.25) is 14.6 Å². The molecule has 2 aliphatic rings. The third-order valence-electron chi connectivity index (χ3n) is 5.14. The molecule has 1 aromatic rings. The van der Waals surface area contributed by atoms with E-state index in [9.17, 15) is 9.59 Å². The van der Waals surface area contributed by atoms with Crippen molar-refractivity contribution in [3.05, 3.63) is 35.4 Å². The van der Waals surface area contributed by atoms with E-state index in [4.69, 9.17) is 5.11 Å². The van der Waals surface area contributed by atoms with Crippen molar-refractivity contribution < 1.29 is 14.7 Å². The summed E-state index contributed by atoms with van der Waals surface area (Å²) < 4.78 is 0. The zero-order valence-electron chi connectivity index (χ0n) is 14.7. The van der Waals surface area contributed by atoms with Gasteiger partial charge in [-0.1, -0.05) is 12.1 Å². The quantitative estimate of drug-likeness (QED) is 0.876. The number of likely N-dealkylation sites (tertiary alicyclic amines) is 1. The fourth-order valence-electron chi connectivity index (χ4n) is 3.55. The molecule has 0 aromatic heterocycles. The number of carbonyl (C=O) groups excluding carboxylic acids is 1. The summed E-state index contributed by atoms with van der Waals surface area (Å²) in [7, 11) is 0. The van der Waals surface area contributed by atoms with Gasteiger partial charge in [0.15, 0.2) is 0 Å². The fraction of sp³-hybridized carbons (Fsp3) is 0.579. The van der Waals surface area contributed by atoms with Crippen LogP contribution in [-0.2, 0) is 11.3 Å². The van der Waals surface area contributed by atoms with Crippen LogP contribution in [-0.4, -0.2) is 77.5 Å². The fourth-order valence-corrected chi connectivity index (χ4v) is 3.55. The molecule has 2 aliphatic heterocycles. The minimum Gasteiger partial charge on any atom is -0.478 e. The van der Waals surface area contributed by atoms with Gasteiger partial charge >= 0.3 is 5.97 Å². The maximum absolute atomic E-state index is 12.3. The molecule has 2 saturated heterocycles. The van der Waals surface area contributed by atoms with E-state index in [1.165, 1.54) is 6.42 Å². The molecular weight excluding hydrogens is 318 g/mol. The minimum absolute atomic E-state index is 0.275. The SMILES string of the molecule is O=C(O)c1ccc(CN2CCN(CC(=O)N3CCCCC3)CC2)cc1. The first kappa shape index (κ1) is 17.9. The van der Waals surface area contributed by atoms with Crippen LogP contribution in [0.4, 0.5) is 0 Å². The van der Waals surface area contributed by atoms with Gasteiger partial charge in [-0.05, 0) is 37.0 Å². The molecule has 3 rings (SSSR count). The number of rotatable bonds is 5. The molecule has 0 radical (unpaired) electrons. The smallest absolute Gasteiger partial charge is 0.335 e. The number of hydrogen-bond acceptors (Lipinski definition) is 4.